The summed E-state index contributed by atoms with van der Waals surface area (Å²) in [6.07, 6.45) is 6.16. The van der Waals surface area contributed by atoms with Gasteiger partial charge in [0.2, 0.25) is 27.7 Å². The molecule has 2 aliphatic carbocycles. The molecule has 0 spiro atoms. The Labute approximate surface area is 301 Å². The lowest BCUT2D eigenvalue weighted by Gasteiger charge is -2.33. The highest BCUT2D eigenvalue weighted by molar-refractivity contribution is 7.91. The summed E-state index contributed by atoms with van der Waals surface area (Å²) in [5, 5.41) is 15.9. The zero-order valence-electron chi connectivity index (χ0n) is 29.7. The maximum atomic E-state index is 14.5. The Hall–Kier alpha value is -4.47. The SMILES string of the molecule is CC[C@@H]1C[C@H](C)CCC=C[C@@H]2C[C@@]2(C(=O)NS(=O)(=O)C2(C)CC2)NC(=O)[C@@H]2C[C@@H](Oc3ncc(OC)c4ccc(F)cc34)CN2C(=O)[C@H]1NC(=O)O. The molecule has 4 aliphatic rings. The molecular formula is C36H46FN5O9S. The van der Waals surface area contributed by atoms with Gasteiger partial charge in [0.05, 0.1) is 30.0 Å². The number of nitrogens with one attached hydrogen (secondary N) is 3. The zero-order chi connectivity index (χ0) is 37.6. The van der Waals surface area contributed by atoms with Gasteiger partial charge in [0, 0.05) is 17.7 Å². The fourth-order valence-corrected chi connectivity index (χ4v) is 8.84. The average Bonchev–Trinajstić information content (AvgIpc) is 3.97. The third kappa shape index (κ3) is 7.26. The molecule has 6 rings (SSSR count). The Morgan fingerprint density at radius 2 is 1.94 bits per heavy atom. The number of hydrogen-bond acceptors (Lipinski definition) is 9. The van der Waals surface area contributed by atoms with E-state index in [9.17, 15) is 37.1 Å². The van der Waals surface area contributed by atoms with Crippen LogP contribution in [0.25, 0.3) is 10.8 Å². The standard InChI is InChI=1S/C36H46FN5O9S/c1-5-21-14-20(2)8-6-7-9-22-17-36(22,33(45)41-52(48,49)35(3)12-13-35)40-30(43)27-16-24(19-42(27)32(44)29(21)39-34(46)47)51-31-26-15-23(37)10-11-25(26)28(50-4)18-38-31/h7,9-11,15,18,20-22,24,27,29,39H,5-6,8,12-14,16-17,19H2,1-4H3,(H,40,43)(H,41,45)(H,46,47)/t20-,21-,22-,24-,27+,29+,36-/m1/s1. The molecule has 14 nitrogen and oxygen atoms in total. The minimum Gasteiger partial charge on any atom is -0.494 e. The summed E-state index contributed by atoms with van der Waals surface area (Å²) in [6.45, 7) is 5.31. The maximum Gasteiger partial charge on any atom is 0.405 e. The number of pyridine rings is 1. The van der Waals surface area contributed by atoms with Crippen molar-refractivity contribution in [3.63, 3.8) is 0 Å². The van der Waals surface area contributed by atoms with Crippen LogP contribution in [-0.4, -0.2) is 89.4 Å². The lowest BCUT2D eigenvalue weighted by atomic mass is 9.85. The highest BCUT2D eigenvalue weighted by Gasteiger charge is 2.63. The van der Waals surface area contributed by atoms with Crippen LogP contribution in [0.1, 0.15) is 72.1 Å². The number of carbonyl (C=O) groups is 4. The van der Waals surface area contributed by atoms with Gasteiger partial charge in [0.15, 0.2) is 0 Å². The molecule has 16 heteroatoms. The maximum absolute atomic E-state index is 14.5. The number of hydrogen-bond donors (Lipinski definition) is 4. The minimum atomic E-state index is -4.03. The second-order valence-corrected chi connectivity index (χ2v) is 17.1. The summed E-state index contributed by atoms with van der Waals surface area (Å²) in [6, 6.07) is 1.61. The minimum absolute atomic E-state index is 0.0402. The normalized spacial score (nSPS) is 30.2. The number of amides is 4. The van der Waals surface area contributed by atoms with Crippen molar-refractivity contribution in [3.8, 4) is 11.6 Å². The van der Waals surface area contributed by atoms with Crippen LogP contribution in [0.5, 0.6) is 11.6 Å². The van der Waals surface area contributed by atoms with Gasteiger partial charge in [-0.3, -0.25) is 19.1 Å². The molecule has 0 unspecified atom stereocenters. The van der Waals surface area contributed by atoms with E-state index in [2.05, 4.69) is 20.3 Å². The molecule has 0 radical (unpaired) electrons. The van der Waals surface area contributed by atoms with Crippen molar-refractivity contribution in [2.24, 2.45) is 17.8 Å². The van der Waals surface area contributed by atoms with Crippen molar-refractivity contribution in [2.45, 2.75) is 101 Å². The number of rotatable bonds is 8. The Kier molecular flexibility index (Phi) is 10.2. The first-order valence-corrected chi connectivity index (χ1v) is 19.2. The van der Waals surface area contributed by atoms with E-state index in [4.69, 9.17) is 9.47 Å². The number of sulfonamides is 1. The van der Waals surface area contributed by atoms with Crippen LogP contribution in [0, 0.1) is 23.6 Å². The molecule has 282 valence electrons. The quantitative estimate of drug-likeness (QED) is 0.290. The third-order valence-electron chi connectivity index (χ3n) is 11.2. The Morgan fingerprint density at radius 1 is 1.19 bits per heavy atom. The van der Waals surface area contributed by atoms with Crippen molar-refractivity contribution >= 4 is 44.6 Å². The van der Waals surface area contributed by atoms with Crippen LogP contribution in [0.2, 0.25) is 0 Å². The van der Waals surface area contributed by atoms with Crippen LogP contribution >= 0.6 is 0 Å². The fraction of sp³-hybridized carbons (Fsp3) is 0.583. The second-order valence-electron chi connectivity index (χ2n) is 14.9. The number of carbonyl (C=O) groups excluding carboxylic acids is 3. The summed E-state index contributed by atoms with van der Waals surface area (Å²) < 4.78 is 53.4. The number of methoxy groups -OCH3 is 1. The molecule has 2 aliphatic heterocycles. The summed E-state index contributed by atoms with van der Waals surface area (Å²) >= 11 is 0. The summed E-state index contributed by atoms with van der Waals surface area (Å²) in [7, 11) is -2.57. The predicted molar refractivity (Wildman–Crippen MR) is 187 cm³/mol. The lowest BCUT2D eigenvalue weighted by Crippen LogP contribution is -2.59. The lowest BCUT2D eigenvalue weighted by molar-refractivity contribution is -0.142. The van der Waals surface area contributed by atoms with E-state index in [-0.39, 0.29) is 31.2 Å². The van der Waals surface area contributed by atoms with Crippen molar-refractivity contribution in [1.29, 1.82) is 0 Å². The molecule has 1 saturated heterocycles. The van der Waals surface area contributed by atoms with Gasteiger partial charge >= 0.3 is 6.09 Å². The number of fused-ring (bicyclic) bond motifs is 3. The van der Waals surface area contributed by atoms with Gasteiger partial charge in [0.25, 0.3) is 5.91 Å². The van der Waals surface area contributed by atoms with Gasteiger partial charge in [-0.05, 0) is 75.5 Å². The van der Waals surface area contributed by atoms with E-state index in [1.165, 1.54) is 36.4 Å². The van der Waals surface area contributed by atoms with E-state index in [1.807, 2.05) is 26.0 Å². The van der Waals surface area contributed by atoms with Gasteiger partial charge in [-0.15, -0.1) is 0 Å². The summed E-state index contributed by atoms with van der Waals surface area (Å²) in [4.78, 5) is 60.3. The first-order valence-electron chi connectivity index (χ1n) is 17.8. The number of allylic oxidation sites excluding steroid dienone is 1. The number of halogens is 1. The molecule has 2 aromatic rings. The number of benzene rings is 1. The van der Waals surface area contributed by atoms with Crippen LogP contribution in [-0.2, 0) is 24.4 Å². The number of aromatic nitrogens is 1. The van der Waals surface area contributed by atoms with Crippen LogP contribution in [0.15, 0.2) is 36.5 Å². The highest BCUT2D eigenvalue weighted by Crippen LogP contribution is 2.47. The van der Waals surface area contributed by atoms with Crippen LogP contribution in [0.4, 0.5) is 9.18 Å². The average molecular weight is 744 g/mol. The van der Waals surface area contributed by atoms with E-state index >= 15 is 0 Å². The predicted octanol–water partition coefficient (Wildman–Crippen LogP) is 3.64. The van der Waals surface area contributed by atoms with E-state index < -0.39 is 80.0 Å². The molecule has 1 aromatic carbocycles. The molecule has 52 heavy (non-hydrogen) atoms. The van der Waals surface area contributed by atoms with E-state index in [0.29, 0.717) is 48.6 Å². The fourth-order valence-electron chi connectivity index (χ4n) is 7.53. The first kappa shape index (κ1) is 37.3. The number of nitrogens with zero attached hydrogens (tertiary/aromatic N) is 2. The smallest absolute Gasteiger partial charge is 0.405 e. The molecule has 1 aromatic heterocycles. The van der Waals surface area contributed by atoms with Gasteiger partial charge < -0.3 is 30.1 Å². The largest absolute Gasteiger partial charge is 0.494 e. The zero-order valence-corrected chi connectivity index (χ0v) is 30.5. The van der Waals surface area contributed by atoms with Gasteiger partial charge in [0.1, 0.15) is 35.3 Å². The third-order valence-corrected chi connectivity index (χ3v) is 13.3. The molecule has 3 fully saturated rings. The molecule has 3 heterocycles. The first-order chi connectivity index (χ1) is 24.6. The molecule has 0 bridgehead atoms. The number of carboxylic acid groups (broad SMARTS) is 1. The van der Waals surface area contributed by atoms with Crippen LogP contribution < -0.4 is 24.8 Å². The summed E-state index contributed by atoms with van der Waals surface area (Å²) in [5.41, 5.74) is -1.58. The van der Waals surface area contributed by atoms with Gasteiger partial charge in [-0.1, -0.05) is 32.4 Å². The van der Waals surface area contributed by atoms with Crippen molar-refractivity contribution in [2.75, 3.05) is 13.7 Å². The molecule has 2 saturated carbocycles. The Morgan fingerprint density at radius 3 is 2.62 bits per heavy atom. The monoisotopic (exact) mass is 743 g/mol. The molecule has 7 atom stereocenters. The van der Waals surface area contributed by atoms with Gasteiger partial charge in [-0.25, -0.2) is 22.6 Å². The molecular weight excluding hydrogens is 697 g/mol. The Balaban J connectivity index is 1.36. The van der Waals surface area contributed by atoms with Crippen LogP contribution in [0.3, 0.4) is 0 Å². The van der Waals surface area contributed by atoms with E-state index in [1.54, 1.807) is 6.92 Å². The molecule has 4 amide bonds. The van der Waals surface area contributed by atoms with Crippen molar-refractivity contribution in [1.82, 2.24) is 25.2 Å². The summed E-state index contributed by atoms with van der Waals surface area (Å²) in [5.74, 6) is -3.11. The Bertz CT molecular complexity index is 1900. The van der Waals surface area contributed by atoms with Crippen molar-refractivity contribution in [3.05, 3.63) is 42.4 Å². The second kappa shape index (κ2) is 14.2. The van der Waals surface area contributed by atoms with Crippen molar-refractivity contribution < 1.29 is 46.6 Å². The van der Waals surface area contributed by atoms with Gasteiger partial charge in [-0.2, -0.15) is 0 Å². The topological polar surface area (TPSA) is 193 Å². The van der Waals surface area contributed by atoms with E-state index in [0.717, 1.165) is 6.42 Å². The number of ether oxygens (including phenoxy) is 2. The highest BCUT2D eigenvalue weighted by atomic mass is 32.2. The molecule has 4 N–H and O–H groups in total.